The first-order valence-corrected chi connectivity index (χ1v) is 31.8. The zero-order valence-corrected chi connectivity index (χ0v) is 54.9. The molecule has 0 radical (unpaired) electrons. The number of benzene rings is 4. The summed E-state index contributed by atoms with van der Waals surface area (Å²) in [4.78, 5) is 68.5. The quantitative estimate of drug-likeness (QED) is 0.184. The molecule has 1 N–H and O–H groups in total. The van der Waals surface area contributed by atoms with E-state index < -0.39 is 28.3 Å². The van der Waals surface area contributed by atoms with Gasteiger partial charge in [0.2, 0.25) is 0 Å². The predicted octanol–water partition coefficient (Wildman–Crippen LogP) is 14.9. The maximum absolute atomic E-state index is 13.9. The Kier molecular flexibility index (Phi) is 18.3. The van der Waals surface area contributed by atoms with E-state index in [1.165, 1.54) is 60.1 Å². The van der Waals surface area contributed by atoms with E-state index in [1.54, 1.807) is 14.7 Å². The summed E-state index contributed by atoms with van der Waals surface area (Å²) in [6.07, 6.45) is 5.44. The van der Waals surface area contributed by atoms with Crippen LogP contribution >= 0.6 is 0 Å². The van der Waals surface area contributed by atoms with Crippen LogP contribution in [-0.4, -0.2) is 144 Å². The van der Waals surface area contributed by atoms with Crippen molar-refractivity contribution < 1.29 is 38.5 Å². The Morgan fingerprint density at radius 2 is 0.872 bits per heavy atom. The molecule has 6 aliphatic rings. The van der Waals surface area contributed by atoms with Gasteiger partial charge in [0, 0.05) is 114 Å². The van der Waals surface area contributed by atoms with Gasteiger partial charge >= 0.3 is 24.4 Å². The number of ether oxygens (including phenoxy) is 3. The molecule has 10 rings (SSSR count). The number of hydrogen-bond acceptors (Lipinski definition) is 11. The van der Waals surface area contributed by atoms with Gasteiger partial charge in [0.05, 0.1) is 22.7 Å². The summed E-state index contributed by atoms with van der Waals surface area (Å²) in [6.45, 7) is 44.0. The molecule has 4 amide bonds. The Labute approximate surface area is 513 Å². The van der Waals surface area contributed by atoms with Crippen molar-refractivity contribution in [2.45, 2.75) is 195 Å². The second-order valence-electron chi connectivity index (χ2n) is 29.8. The molecule has 86 heavy (non-hydrogen) atoms. The standard InChI is InChI=1S/2C35H50N4O4/c1-33(2,3)42-31(40)38-20-18-36(19-21-38)24-25-12-15-29-28(22-25)35(7,8)27-14-13-26(37-16-10-9-11-17-37)23-30(27)39(29)32(41)43-34(4,5)6;1-33(2,3)29-24(23-36-18-20-38(21-19-36)32(42)43-34(4,5)6)12-15-27-30(29)35(7,8)26-14-13-25(37-16-10-9-11-17-37)22-28(26)39(27)31(40)41/h12-15,22-23H,9-11,16-21,24H2,1-8H3;12-15,22H,9-11,16-21,23H2,1-8H3,(H,40,41). The van der Waals surface area contributed by atoms with E-state index in [1.807, 2.05) is 68.4 Å². The summed E-state index contributed by atoms with van der Waals surface area (Å²) in [5.74, 6) is 0. The number of fused-ring (bicyclic) bond motifs is 4. The summed E-state index contributed by atoms with van der Waals surface area (Å²) in [6, 6.07) is 23.7. The highest BCUT2D eigenvalue weighted by Gasteiger charge is 2.45. The second kappa shape index (κ2) is 24.6. The average Bonchev–Trinajstić information content (AvgIpc) is 1.08. The third kappa shape index (κ3) is 14.2. The zero-order valence-electron chi connectivity index (χ0n) is 54.9. The molecule has 0 bridgehead atoms. The Balaban J connectivity index is 0.000000205. The molecule has 6 heterocycles. The number of amides is 4. The number of piperazine rings is 2. The van der Waals surface area contributed by atoms with Crippen LogP contribution in [0, 0.1) is 0 Å². The van der Waals surface area contributed by atoms with Crippen molar-refractivity contribution in [2.24, 2.45) is 0 Å². The SMILES string of the molecule is CC(C)(C)OC(=O)N1CCN(Cc2ccc3c(c2)C(C)(C)c2ccc(N4CCCCC4)cc2N3C(=O)OC(C)(C)C)CC1.CC(C)(C)OC(=O)N1CCN(Cc2ccc3c(c2C(C)(C)C)C(C)(C)c2ccc(N4CCCCC4)cc2N3C(=O)O)CC1. The third-order valence-corrected chi connectivity index (χ3v) is 17.7. The lowest BCUT2D eigenvalue weighted by Crippen LogP contribution is -2.49. The molecule has 0 aromatic heterocycles. The first-order valence-electron chi connectivity index (χ1n) is 31.8. The largest absolute Gasteiger partial charge is 0.464 e. The zero-order chi connectivity index (χ0) is 62.5. The molecule has 16 heteroatoms. The number of carbonyl (C=O) groups excluding carboxylic acids is 3. The number of nitrogens with zero attached hydrogens (tertiary/aromatic N) is 8. The van der Waals surface area contributed by atoms with Gasteiger partial charge in [-0.15, -0.1) is 0 Å². The van der Waals surface area contributed by atoms with Gasteiger partial charge in [0.1, 0.15) is 16.8 Å². The molecule has 0 spiro atoms. The van der Waals surface area contributed by atoms with Crippen molar-refractivity contribution >= 4 is 58.5 Å². The minimum atomic E-state index is -0.959. The summed E-state index contributed by atoms with van der Waals surface area (Å²) in [5.41, 5.74) is 11.0. The summed E-state index contributed by atoms with van der Waals surface area (Å²) in [5, 5.41) is 10.6. The number of anilines is 6. The lowest BCUT2D eigenvalue weighted by molar-refractivity contribution is 0.0129. The van der Waals surface area contributed by atoms with Gasteiger partial charge < -0.3 is 38.9 Å². The minimum Gasteiger partial charge on any atom is -0.464 e. The van der Waals surface area contributed by atoms with Crippen molar-refractivity contribution in [3.8, 4) is 0 Å². The van der Waals surface area contributed by atoms with Gasteiger partial charge in [-0.25, -0.2) is 29.0 Å². The number of carboxylic acid groups (broad SMARTS) is 1. The van der Waals surface area contributed by atoms with Gasteiger partial charge in [-0.2, -0.15) is 0 Å². The molecule has 4 aromatic carbocycles. The molecule has 6 aliphatic heterocycles. The van der Waals surface area contributed by atoms with E-state index in [0.29, 0.717) is 26.2 Å². The van der Waals surface area contributed by atoms with E-state index in [-0.39, 0.29) is 29.1 Å². The summed E-state index contributed by atoms with van der Waals surface area (Å²) < 4.78 is 17.1. The van der Waals surface area contributed by atoms with Gasteiger partial charge in [-0.1, -0.05) is 78.8 Å². The number of hydrogen-bond donors (Lipinski definition) is 1. The van der Waals surface area contributed by atoms with Crippen LogP contribution in [0.5, 0.6) is 0 Å². The van der Waals surface area contributed by atoms with Crippen molar-refractivity contribution in [2.75, 3.05) is 98.1 Å². The van der Waals surface area contributed by atoms with Crippen LogP contribution in [0.3, 0.4) is 0 Å². The van der Waals surface area contributed by atoms with Gasteiger partial charge in [0.15, 0.2) is 0 Å². The topological polar surface area (TPSA) is 142 Å². The van der Waals surface area contributed by atoms with Gasteiger partial charge in [-0.3, -0.25) is 9.80 Å². The van der Waals surface area contributed by atoms with Gasteiger partial charge in [0.25, 0.3) is 0 Å². The molecule has 0 atom stereocenters. The fourth-order valence-electron chi connectivity index (χ4n) is 13.6. The lowest BCUT2D eigenvalue weighted by Gasteiger charge is -2.45. The van der Waals surface area contributed by atoms with E-state index >= 15 is 0 Å². The van der Waals surface area contributed by atoms with Crippen LogP contribution in [-0.2, 0) is 43.5 Å². The van der Waals surface area contributed by atoms with E-state index in [4.69, 9.17) is 14.2 Å². The fraction of sp³-hybridized carbons (Fsp3) is 0.600. The average molecular weight is 1180 g/mol. The maximum atomic E-state index is 13.9. The molecule has 0 saturated carbocycles. The first kappa shape index (κ1) is 64.0. The van der Waals surface area contributed by atoms with E-state index in [9.17, 15) is 24.3 Å². The molecule has 0 unspecified atom stereocenters. The Morgan fingerprint density at radius 1 is 0.442 bits per heavy atom. The molecule has 4 fully saturated rings. The number of carbonyl (C=O) groups is 4. The van der Waals surface area contributed by atoms with Crippen LogP contribution in [0.15, 0.2) is 66.7 Å². The van der Waals surface area contributed by atoms with Crippen LogP contribution < -0.4 is 19.6 Å². The summed E-state index contributed by atoms with van der Waals surface area (Å²) in [7, 11) is 0. The molecular formula is C70H100N8O8. The lowest BCUT2D eigenvalue weighted by atomic mass is 9.66. The second-order valence-corrected chi connectivity index (χ2v) is 29.8. The third-order valence-electron chi connectivity index (χ3n) is 17.7. The Hall–Kier alpha value is -6.52. The predicted molar refractivity (Wildman–Crippen MR) is 346 cm³/mol. The first-order chi connectivity index (χ1) is 40.2. The summed E-state index contributed by atoms with van der Waals surface area (Å²) >= 11 is 0. The molecular weight excluding hydrogens is 1080 g/mol. The van der Waals surface area contributed by atoms with E-state index in [0.717, 1.165) is 122 Å². The monoisotopic (exact) mass is 1180 g/mol. The normalized spacial score (nSPS) is 19.1. The van der Waals surface area contributed by atoms with Crippen LogP contribution in [0.4, 0.5) is 53.3 Å². The highest BCUT2D eigenvalue weighted by Crippen LogP contribution is 2.55. The Morgan fingerprint density at radius 3 is 1.33 bits per heavy atom. The minimum absolute atomic E-state index is 0.217. The molecule has 468 valence electrons. The highest BCUT2D eigenvalue weighted by atomic mass is 16.6. The highest BCUT2D eigenvalue weighted by molar-refractivity contribution is 6.02. The van der Waals surface area contributed by atoms with Crippen molar-refractivity contribution in [1.82, 2.24) is 19.6 Å². The Bertz CT molecular complexity index is 3130. The molecule has 0 aliphatic carbocycles. The van der Waals surface area contributed by atoms with Crippen LogP contribution in [0.2, 0.25) is 0 Å². The maximum Gasteiger partial charge on any atom is 0.419 e. The van der Waals surface area contributed by atoms with Crippen molar-refractivity contribution in [3.05, 3.63) is 106 Å². The van der Waals surface area contributed by atoms with Crippen LogP contribution in [0.25, 0.3) is 0 Å². The van der Waals surface area contributed by atoms with Crippen LogP contribution in [0.1, 0.15) is 188 Å². The molecule has 16 nitrogen and oxygen atoms in total. The van der Waals surface area contributed by atoms with Crippen molar-refractivity contribution in [1.29, 1.82) is 0 Å². The number of rotatable bonds is 6. The molecule has 4 saturated heterocycles. The van der Waals surface area contributed by atoms with E-state index in [2.05, 4.69) is 129 Å². The molecule has 4 aromatic rings. The smallest absolute Gasteiger partial charge is 0.419 e. The number of piperidine rings is 2. The van der Waals surface area contributed by atoms with Crippen molar-refractivity contribution in [3.63, 3.8) is 0 Å². The fourth-order valence-corrected chi connectivity index (χ4v) is 13.6. The van der Waals surface area contributed by atoms with Gasteiger partial charge in [-0.05, 0) is 182 Å².